The van der Waals surface area contributed by atoms with Crippen molar-refractivity contribution in [2.24, 2.45) is 0 Å². The normalized spacial score (nSPS) is 11.2. The Morgan fingerprint density at radius 1 is 0.967 bits per heavy atom. The number of rotatable bonds is 4. The molecular weight excluding hydrogens is 376 g/mol. The molecule has 0 saturated carbocycles. The zero-order valence-electron chi connectivity index (χ0n) is 16.3. The van der Waals surface area contributed by atoms with Crippen LogP contribution < -0.4 is 0 Å². The number of aromatic nitrogens is 3. The van der Waals surface area contributed by atoms with E-state index in [1.54, 1.807) is 16.8 Å². The van der Waals surface area contributed by atoms with Crippen molar-refractivity contribution in [1.29, 1.82) is 0 Å². The average Bonchev–Trinajstić information content (AvgIpc) is 3.19. The van der Waals surface area contributed by atoms with E-state index < -0.39 is 0 Å². The van der Waals surface area contributed by atoms with Crippen molar-refractivity contribution in [2.75, 3.05) is 0 Å². The summed E-state index contributed by atoms with van der Waals surface area (Å²) in [6.45, 7) is 2.11. The number of non-ortho nitro benzene ring substituents is 1. The van der Waals surface area contributed by atoms with Crippen LogP contribution in [0.15, 0.2) is 79.0 Å². The Labute approximate surface area is 172 Å². The number of nitro benzene ring substituents is 1. The van der Waals surface area contributed by atoms with Crippen LogP contribution in [0, 0.1) is 10.1 Å². The number of benzene rings is 3. The van der Waals surface area contributed by atoms with Gasteiger partial charge in [0.05, 0.1) is 21.6 Å². The second-order valence-electron chi connectivity index (χ2n) is 7.13. The van der Waals surface area contributed by atoms with Crippen LogP contribution in [0.1, 0.15) is 12.5 Å². The molecule has 0 amide bonds. The molecule has 6 heteroatoms. The van der Waals surface area contributed by atoms with Gasteiger partial charge in [-0.1, -0.05) is 49.4 Å². The minimum Gasteiger partial charge on any atom is -0.258 e. The Bertz CT molecular complexity index is 1410. The van der Waals surface area contributed by atoms with Crippen molar-refractivity contribution >= 4 is 27.5 Å². The first-order chi connectivity index (χ1) is 14.7. The summed E-state index contributed by atoms with van der Waals surface area (Å²) in [7, 11) is 0. The second-order valence-corrected chi connectivity index (χ2v) is 7.13. The predicted octanol–water partition coefficient (Wildman–Crippen LogP) is 5.71. The zero-order valence-corrected chi connectivity index (χ0v) is 16.3. The minimum atomic E-state index is -0.387. The summed E-state index contributed by atoms with van der Waals surface area (Å²) >= 11 is 0. The molecule has 5 aromatic rings. The fourth-order valence-electron chi connectivity index (χ4n) is 3.79. The number of nitrogens with zero attached hydrogens (tertiary/aromatic N) is 4. The summed E-state index contributed by atoms with van der Waals surface area (Å²) in [6, 6.07) is 22.7. The second kappa shape index (κ2) is 7.08. The van der Waals surface area contributed by atoms with Gasteiger partial charge in [0.1, 0.15) is 5.69 Å². The predicted molar refractivity (Wildman–Crippen MR) is 118 cm³/mol. The molecule has 30 heavy (non-hydrogen) atoms. The molecule has 0 unspecified atom stereocenters. The van der Waals surface area contributed by atoms with E-state index in [4.69, 9.17) is 5.10 Å². The maximum absolute atomic E-state index is 11.3. The van der Waals surface area contributed by atoms with Gasteiger partial charge >= 0.3 is 0 Å². The van der Waals surface area contributed by atoms with E-state index in [0.29, 0.717) is 5.69 Å². The van der Waals surface area contributed by atoms with Gasteiger partial charge in [0.15, 0.2) is 0 Å². The highest BCUT2D eigenvalue weighted by atomic mass is 16.6. The minimum absolute atomic E-state index is 0.0324. The number of hydrogen-bond acceptors (Lipinski definition) is 4. The van der Waals surface area contributed by atoms with E-state index in [0.717, 1.165) is 39.5 Å². The molecule has 0 saturated heterocycles. The molecule has 146 valence electrons. The smallest absolute Gasteiger partial charge is 0.258 e. The third-order valence-corrected chi connectivity index (χ3v) is 5.31. The van der Waals surface area contributed by atoms with Crippen molar-refractivity contribution in [1.82, 2.24) is 14.8 Å². The van der Waals surface area contributed by atoms with Crippen molar-refractivity contribution < 1.29 is 4.92 Å². The van der Waals surface area contributed by atoms with Crippen LogP contribution in [0.25, 0.3) is 38.8 Å². The lowest BCUT2D eigenvalue weighted by molar-refractivity contribution is -0.384. The molecule has 0 radical (unpaired) electrons. The van der Waals surface area contributed by atoms with Crippen LogP contribution in [0.4, 0.5) is 5.69 Å². The molecule has 6 nitrogen and oxygen atoms in total. The third kappa shape index (κ3) is 2.90. The van der Waals surface area contributed by atoms with Gasteiger partial charge < -0.3 is 0 Å². The van der Waals surface area contributed by atoms with Gasteiger partial charge in [-0.05, 0) is 30.2 Å². The molecule has 3 aromatic carbocycles. The Morgan fingerprint density at radius 3 is 2.57 bits per heavy atom. The lowest BCUT2D eigenvalue weighted by atomic mass is 10.0. The molecule has 2 heterocycles. The van der Waals surface area contributed by atoms with Crippen molar-refractivity contribution in [2.45, 2.75) is 13.3 Å². The highest BCUT2D eigenvalue weighted by Crippen LogP contribution is 2.34. The Kier molecular flexibility index (Phi) is 4.25. The Hall–Kier alpha value is -4.06. The lowest BCUT2D eigenvalue weighted by Gasteiger charge is -2.07. The van der Waals surface area contributed by atoms with Gasteiger partial charge in [0, 0.05) is 34.7 Å². The third-order valence-electron chi connectivity index (χ3n) is 5.31. The monoisotopic (exact) mass is 394 g/mol. The standard InChI is InChI=1S/C24H18N4O2/c1-2-16-11-12-22-20(13-16)24-21(15-25-22)23(17-7-4-3-5-8-17)26-27(24)18-9-6-10-19(14-18)28(29)30/h3-15H,2H2,1H3. The molecule has 0 bridgehead atoms. The quantitative estimate of drug-likeness (QED) is 0.289. The van der Waals surface area contributed by atoms with E-state index in [1.807, 2.05) is 48.7 Å². The fraction of sp³-hybridized carbons (Fsp3) is 0.0833. The maximum Gasteiger partial charge on any atom is 0.271 e. The van der Waals surface area contributed by atoms with E-state index in [9.17, 15) is 10.1 Å². The van der Waals surface area contributed by atoms with Crippen LogP contribution in [-0.2, 0) is 6.42 Å². The molecule has 2 aromatic heterocycles. The summed E-state index contributed by atoms with van der Waals surface area (Å²) in [4.78, 5) is 15.6. The molecule has 0 aliphatic carbocycles. The molecule has 5 rings (SSSR count). The van der Waals surface area contributed by atoms with Gasteiger partial charge in [-0.2, -0.15) is 5.10 Å². The number of aryl methyl sites for hydroxylation is 1. The SMILES string of the molecule is CCc1ccc2ncc3c(-c4ccccc4)nn(-c4cccc([N+](=O)[O-])c4)c3c2c1. The maximum atomic E-state index is 11.3. The first-order valence-electron chi connectivity index (χ1n) is 9.76. The van der Waals surface area contributed by atoms with Crippen LogP contribution in [0.3, 0.4) is 0 Å². The molecule has 0 aliphatic rings. The Morgan fingerprint density at radius 2 is 1.80 bits per heavy atom. The number of nitro groups is 1. The van der Waals surface area contributed by atoms with Crippen molar-refractivity contribution in [3.05, 3.63) is 94.7 Å². The average molecular weight is 394 g/mol. The van der Waals surface area contributed by atoms with E-state index in [1.165, 1.54) is 11.6 Å². The lowest BCUT2D eigenvalue weighted by Crippen LogP contribution is -1.99. The van der Waals surface area contributed by atoms with Crippen molar-refractivity contribution in [3.63, 3.8) is 0 Å². The van der Waals surface area contributed by atoms with Gasteiger partial charge in [0.25, 0.3) is 5.69 Å². The first kappa shape index (κ1) is 18.0. The van der Waals surface area contributed by atoms with Crippen LogP contribution >= 0.6 is 0 Å². The van der Waals surface area contributed by atoms with E-state index in [-0.39, 0.29) is 10.6 Å². The van der Waals surface area contributed by atoms with E-state index >= 15 is 0 Å². The molecular formula is C24H18N4O2. The fourth-order valence-corrected chi connectivity index (χ4v) is 3.79. The topological polar surface area (TPSA) is 73.8 Å². The Balaban J connectivity index is 1.90. The number of hydrogen-bond donors (Lipinski definition) is 0. The molecule has 0 N–H and O–H groups in total. The van der Waals surface area contributed by atoms with Crippen LogP contribution in [-0.4, -0.2) is 19.7 Å². The van der Waals surface area contributed by atoms with Crippen molar-refractivity contribution in [3.8, 4) is 16.9 Å². The largest absolute Gasteiger partial charge is 0.271 e. The molecule has 0 atom stereocenters. The molecule has 0 fully saturated rings. The van der Waals surface area contributed by atoms with Gasteiger partial charge in [-0.25, -0.2) is 4.68 Å². The van der Waals surface area contributed by atoms with E-state index in [2.05, 4.69) is 24.0 Å². The van der Waals surface area contributed by atoms with Crippen LogP contribution in [0.5, 0.6) is 0 Å². The van der Waals surface area contributed by atoms with Gasteiger partial charge in [0.2, 0.25) is 0 Å². The molecule has 0 aliphatic heterocycles. The number of pyridine rings is 1. The molecule has 0 spiro atoms. The summed E-state index contributed by atoms with van der Waals surface area (Å²) < 4.78 is 1.80. The summed E-state index contributed by atoms with van der Waals surface area (Å²) in [5.74, 6) is 0. The van der Waals surface area contributed by atoms with Gasteiger partial charge in [-0.3, -0.25) is 15.1 Å². The summed E-state index contributed by atoms with van der Waals surface area (Å²) in [6.07, 6.45) is 2.75. The number of fused-ring (bicyclic) bond motifs is 3. The summed E-state index contributed by atoms with van der Waals surface area (Å²) in [5.41, 5.74) is 5.41. The zero-order chi connectivity index (χ0) is 20.7. The summed E-state index contributed by atoms with van der Waals surface area (Å²) in [5, 5.41) is 18.1. The highest BCUT2D eigenvalue weighted by Gasteiger charge is 2.18. The van der Waals surface area contributed by atoms with Crippen LogP contribution in [0.2, 0.25) is 0 Å². The first-order valence-corrected chi connectivity index (χ1v) is 9.76. The van der Waals surface area contributed by atoms with Gasteiger partial charge in [-0.15, -0.1) is 0 Å². The highest BCUT2D eigenvalue weighted by molar-refractivity contribution is 6.09.